The largest absolute Gasteiger partial charge is 0.530 e. The molecule has 1 N–H and O–H groups in total. The highest BCUT2D eigenvalue weighted by molar-refractivity contribution is 7.22. The number of carbonyl (C=O) groups is 1. The van der Waals surface area contributed by atoms with Crippen LogP contribution in [0.3, 0.4) is 0 Å². The van der Waals surface area contributed by atoms with Gasteiger partial charge in [-0.1, -0.05) is 35.6 Å². The zero-order chi connectivity index (χ0) is 26.0. The molecule has 1 saturated heterocycles. The van der Waals surface area contributed by atoms with Crippen molar-refractivity contribution in [2.75, 3.05) is 37.6 Å². The minimum Gasteiger partial charge on any atom is -0.530 e. The molecule has 0 spiro atoms. The molecule has 0 aliphatic carbocycles. The summed E-state index contributed by atoms with van der Waals surface area (Å²) < 4.78 is 39.6. The summed E-state index contributed by atoms with van der Waals surface area (Å²) in [5.41, 5.74) is 1.76. The second kappa shape index (κ2) is 10.7. The summed E-state index contributed by atoms with van der Waals surface area (Å²) in [7, 11) is 0. The molecule has 37 heavy (non-hydrogen) atoms. The third-order valence-electron chi connectivity index (χ3n) is 6.39. The molecule has 2 aromatic heterocycles. The van der Waals surface area contributed by atoms with Gasteiger partial charge in [0, 0.05) is 50.1 Å². The number of alkyl halides is 3. The fourth-order valence-electron chi connectivity index (χ4n) is 4.51. The van der Waals surface area contributed by atoms with Crippen LogP contribution in [0.15, 0.2) is 60.0 Å². The van der Waals surface area contributed by atoms with Gasteiger partial charge in [-0.2, -0.15) is 13.2 Å². The van der Waals surface area contributed by atoms with Gasteiger partial charge in [0.15, 0.2) is 5.13 Å². The lowest BCUT2D eigenvalue weighted by atomic mass is 10.0. The number of hydrogen-bond acceptors (Lipinski definition) is 7. The Balaban J connectivity index is 1.22. The highest BCUT2D eigenvalue weighted by Crippen LogP contribution is 2.34. The highest BCUT2D eigenvalue weighted by atomic mass is 32.1. The number of carboxylic acid groups (broad SMARTS) is 1. The van der Waals surface area contributed by atoms with Crippen molar-refractivity contribution in [3.05, 3.63) is 70.4 Å². The molecule has 1 fully saturated rings. The summed E-state index contributed by atoms with van der Waals surface area (Å²) in [4.78, 5) is 21.5. The third-order valence-corrected chi connectivity index (χ3v) is 8.37. The first-order chi connectivity index (χ1) is 17.7. The zero-order valence-electron chi connectivity index (χ0n) is 19.7. The Morgan fingerprint density at radius 1 is 1.05 bits per heavy atom. The monoisotopic (exact) mass is 545 g/mol. The number of nitrogens with one attached hydrogen (secondary N) is 1. The van der Waals surface area contributed by atoms with Crippen molar-refractivity contribution >= 4 is 44.1 Å². The second-order valence-corrected chi connectivity index (χ2v) is 11.0. The lowest BCUT2D eigenvalue weighted by Crippen LogP contribution is -2.53. The van der Waals surface area contributed by atoms with E-state index in [2.05, 4.69) is 15.1 Å². The topological polar surface area (TPSA) is 71.5 Å². The van der Waals surface area contributed by atoms with Gasteiger partial charge in [0.25, 0.3) is 0 Å². The van der Waals surface area contributed by atoms with E-state index in [4.69, 9.17) is 4.98 Å². The van der Waals surface area contributed by atoms with E-state index in [0.717, 1.165) is 69.7 Å². The summed E-state index contributed by atoms with van der Waals surface area (Å²) >= 11 is 3.17. The standard InChI is InChI=1S/C26H25F3N4O2S2/c27-26(28,29)19-6-3-17(4-7-19)18-5-8-22-23(14-18)37-24(31-22)33-11-9-32(10-12-33)16-20(30-25(34)35)15-21-2-1-13-36-21/h1-8,13-14,20,30H,9-12,15-16H2,(H,34,35)/p-1. The number of anilines is 1. The number of rotatable bonds is 7. The number of carbonyl (C=O) groups excluding carboxylic acids is 1. The Morgan fingerprint density at radius 3 is 2.43 bits per heavy atom. The minimum absolute atomic E-state index is 0.235. The van der Waals surface area contributed by atoms with Crippen molar-refractivity contribution in [2.45, 2.75) is 18.6 Å². The van der Waals surface area contributed by atoms with Crippen LogP contribution in [-0.2, 0) is 12.6 Å². The number of fused-ring (bicyclic) bond motifs is 1. The van der Waals surface area contributed by atoms with Gasteiger partial charge in [-0.3, -0.25) is 4.90 Å². The number of benzene rings is 2. The maximum atomic E-state index is 12.9. The average molecular weight is 546 g/mol. The van der Waals surface area contributed by atoms with E-state index < -0.39 is 17.8 Å². The molecule has 1 aliphatic rings. The van der Waals surface area contributed by atoms with Gasteiger partial charge in [0.05, 0.1) is 15.8 Å². The maximum Gasteiger partial charge on any atom is 0.416 e. The SMILES string of the molecule is O=C([O-])NC(Cc1cccs1)CN1CCN(c2nc3ccc(-c4ccc(C(F)(F)F)cc4)cc3s2)CC1. The first-order valence-corrected chi connectivity index (χ1v) is 13.5. The van der Waals surface area contributed by atoms with E-state index in [1.807, 2.05) is 35.7 Å². The van der Waals surface area contributed by atoms with Gasteiger partial charge >= 0.3 is 6.18 Å². The van der Waals surface area contributed by atoms with Gasteiger partial charge in [0.2, 0.25) is 0 Å². The van der Waals surface area contributed by atoms with Gasteiger partial charge in [-0.25, -0.2) is 4.98 Å². The molecule has 6 nitrogen and oxygen atoms in total. The quantitative estimate of drug-likeness (QED) is 0.364. The third kappa shape index (κ3) is 6.23. The smallest absolute Gasteiger partial charge is 0.416 e. The lowest BCUT2D eigenvalue weighted by molar-refractivity contribution is -0.251. The Bertz CT molecular complexity index is 1350. The molecular formula is C26H24F3N4O2S2-. The molecule has 194 valence electrons. The van der Waals surface area contributed by atoms with Crippen molar-refractivity contribution in [2.24, 2.45) is 0 Å². The van der Waals surface area contributed by atoms with Crippen LogP contribution in [0, 0.1) is 0 Å². The molecule has 11 heteroatoms. The van der Waals surface area contributed by atoms with Crippen LogP contribution >= 0.6 is 22.7 Å². The predicted molar refractivity (Wildman–Crippen MR) is 139 cm³/mol. The van der Waals surface area contributed by atoms with Crippen LogP contribution < -0.4 is 15.3 Å². The summed E-state index contributed by atoms with van der Waals surface area (Å²) in [6, 6.07) is 14.7. The Labute approximate surface area is 220 Å². The van der Waals surface area contributed by atoms with E-state index in [9.17, 15) is 23.1 Å². The fourth-order valence-corrected chi connectivity index (χ4v) is 6.35. The van der Waals surface area contributed by atoms with Crippen molar-refractivity contribution in [1.82, 2.24) is 15.2 Å². The molecular weight excluding hydrogens is 521 g/mol. The van der Waals surface area contributed by atoms with E-state index in [1.54, 1.807) is 22.7 Å². The summed E-state index contributed by atoms with van der Waals surface area (Å²) in [6.45, 7) is 3.70. The minimum atomic E-state index is -4.35. The van der Waals surface area contributed by atoms with Crippen molar-refractivity contribution in [3.8, 4) is 11.1 Å². The van der Waals surface area contributed by atoms with Crippen LogP contribution in [0.1, 0.15) is 10.4 Å². The maximum absolute atomic E-state index is 12.9. The fraction of sp³-hybridized carbons (Fsp3) is 0.308. The number of thiazole rings is 1. The van der Waals surface area contributed by atoms with E-state index in [-0.39, 0.29) is 6.04 Å². The molecule has 5 rings (SSSR count). The molecule has 1 unspecified atom stereocenters. The molecule has 4 aromatic rings. The number of nitrogens with zero attached hydrogens (tertiary/aromatic N) is 3. The molecule has 0 radical (unpaired) electrons. The summed E-state index contributed by atoms with van der Waals surface area (Å²) in [6.07, 6.45) is -4.98. The summed E-state index contributed by atoms with van der Waals surface area (Å²) in [5.74, 6) is 0. The number of piperazine rings is 1. The van der Waals surface area contributed by atoms with Crippen LogP contribution in [-0.4, -0.2) is 54.7 Å². The van der Waals surface area contributed by atoms with Crippen LogP contribution in [0.5, 0.6) is 0 Å². The molecule has 1 atom stereocenters. The normalized spacial score (nSPS) is 15.7. The number of hydrogen-bond donors (Lipinski definition) is 1. The predicted octanol–water partition coefficient (Wildman–Crippen LogP) is 4.71. The van der Waals surface area contributed by atoms with Gasteiger partial charge in [0.1, 0.15) is 6.09 Å². The van der Waals surface area contributed by atoms with E-state index >= 15 is 0 Å². The second-order valence-electron chi connectivity index (χ2n) is 8.95. The lowest BCUT2D eigenvalue weighted by Gasteiger charge is -2.36. The Morgan fingerprint density at radius 2 is 1.78 bits per heavy atom. The Kier molecular flexibility index (Phi) is 7.36. The molecule has 0 bridgehead atoms. The first-order valence-electron chi connectivity index (χ1n) is 11.8. The number of aromatic nitrogens is 1. The molecule has 3 heterocycles. The van der Waals surface area contributed by atoms with Crippen molar-refractivity contribution < 1.29 is 23.1 Å². The Hall–Kier alpha value is -3.15. The van der Waals surface area contributed by atoms with Gasteiger partial charge in [-0.15, -0.1) is 11.3 Å². The molecule has 2 aromatic carbocycles. The highest BCUT2D eigenvalue weighted by Gasteiger charge is 2.30. The zero-order valence-corrected chi connectivity index (χ0v) is 21.3. The van der Waals surface area contributed by atoms with E-state index in [1.165, 1.54) is 12.1 Å². The van der Waals surface area contributed by atoms with Crippen LogP contribution in [0.4, 0.5) is 23.1 Å². The first kappa shape index (κ1) is 25.5. The van der Waals surface area contributed by atoms with E-state index in [0.29, 0.717) is 13.0 Å². The molecule has 1 amide bonds. The summed E-state index contributed by atoms with van der Waals surface area (Å²) in [5, 5.41) is 16.6. The number of halogens is 3. The number of amides is 1. The van der Waals surface area contributed by atoms with Gasteiger partial charge in [-0.05, 0) is 46.8 Å². The average Bonchev–Trinajstić information content (AvgIpc) is 3.53. The van der Waals surface area contributed by atoms with Gasteiger partial charge < -0.3 is 20.1 Å². The van der Waals surface area contributed by atoms with Crippen molar-refractivity contribution in [3.63, 3.8) is 0 Å². The number of thiophene rings is 1. The van der Waals surface area contributed by atoms with Crippen LogP contribution in [0.2, 0.25) is 0 Å². The van der Waals surface area contributed by atoms with Crippen molar-refractivity contribution in [1.29, 1.82) is 0 Å². The molecule has 1 aliphatic heterocycles. The molecule has 0 saturated carbocycles. The van der Waals surface area contributed by atoms with Crippen LogP contribution in [0.25, 0.3) is 21.3 Å².